The zero-order chi connectivity index (χ0) is 11.8. The lowest BCUT2D eigenvalue weighted by molar-refractivity contribution is 0.922. The first kappa shape index (κ1) is 12.5. The first-order valence-corrected chi connectivity index (χ1v) is 5.67. The summed E-state index contributed by atoms with van der Waals surface area (Å²) in [7, 11) is 0. The quantitative estimate of drug-likeness (QED) is 0.314. The third kappa shape index (κ3) is 3.90. The lowest BCUT2D eigenvalue weighted by Crippen LogP contribution is -2.36. The molecule has 0 atom stereocenters. The zero-order valence-electron chi connectivity index (χ0n) is 9.96. The Hall–Kier alpha value is -1.55. The first-order chi connectivity index (χ1) is 7.80. The van der Waals surface area contributed by atoms with Gasteiger partial charge >= 0.3 is 0 Å². The van der Waals surface area contributed by atoms with E-state index in [-0.39, 0.29) is 0 Å². The summed E-state index contributed by atoms with van der Waals surface area (Å²) >= 11 is 0. The highest BCUT2D eigenvalue weighted by atomic mass is 15.3. The second-order valence-electron chi connectivity index (χ2n) is 3.54. The highest BCUT2D eigenvalue weighted by molar-refractivity contribution is 5.93. The largest absolute Gasteiger partial charge is 0.325 e. The van der Waals surface area contributed by atoms with Crippen LogP contribution in [0.25, 0.3) is 0 Å². The van der Waals surface area contributed by atoms with Gasteiger partial charge in [0.05, 0.1) is 0 Å². The predicted molar refractivity (Wildman–Crippen MR) is 69.4 cm³/mol. The zero-order valence-corrected chi connectivity index (χ0v) is 9.96. The van der Waals surface area contributed by atoms with Gasteiger partial charge in [-0.2, -0.15) is 0 Å². The lowest BCUT2D eigenvalue weighted by atomic mass is 10.1. The topological polar surface area (TPSA) is 62.4 Å². The molecule has 1 aromatic rings. The Morgan fingerprint density at radius 3 is 2.44 bits per heavy atom. The van der Waals surface area contributed by atoms with E-state index >= 15 is 0 Å². The lowest BCUT2D eigenvalue weighted by Gasteiger charge is -2.09. The van der Waals surface area contributed by atoms with E-state index in [9.17, 15) is 0 Å². The Bertz CT molecular complexity index is 329. The number of hydrazine groups is 1. The van der Waals surface area contributed by atoms with E-state index in [2.05, 4.69) is 34.8 Å². The summed E-state index contributed by atoms with van der Waals surface area (Å²) in [6.45, 7) is 4.83. The average Bonchev–Trinajstić information content (AvgIpc) is 2.31. The summed E-state index contributed by atoms with van der Waals surface area (Å²) in [6, 6.07) is 8.30. The molecule has 0 unspecified atom stereocenters. The first-order valence-electron chi connectivity index (χ1n) is 5.67. The van der Waals surface area contributed by atoms with E-state index in [1.54, 1.807) is 0 Å². The highest BCUT2D eigenvalue weighted by Gasteiger charge is 1.97. The minimum absolute atomic E-state index is 0.589. The monoisotopic (exact) mass is 220 g/mol. The van der Waals surface area contributed by atoms with Crippen molar-refractivity contribution in [2.24, 2.45) is 10.8 Å². The van der Waals surface area contributed by atoms with Crippen LogP contribution in [0.3, 0.4) is 0 Å². The molecule has 0 saturated heterocycles. The van der Waals surface area contributed by atoms with Gasteiger partial charge in [-0.15, -0.1) is 0 Å². The third-order valence-corrected chi connectivity index (χ3v) is 2.21. The number of aliphatic imine (C=N–C) groups is 1. The molecule has 16 heavy (non-hydrogen) atoms. The molecule has 4 N–H and O–H groups in total. The summed E-state index contributed by atoms with van der Waals surface area (Å²) in [6.07, 6.45) is 2.28. The van der Waals surface area contributed by atoms with Crippen molar-refractivity contribution in [1.29, 1.82) is 0 Å². The molecule has 0 fully saturated rings. The molecule has 0 aliphatic heterocycles. The normalized spacial score (nSPS) is 11.3. The fourth-order valence-corrected chi connectivity index (χ4v) is 1.46. The Morgan fingerprint density at radius 2 is 1.94 bits per heavy atom. The molecule has 0 aromatic heterocycles. The molecule has 0 aliphatic carbocycles. The number of rotatable bonds is 4. The van der Waals surface area contributed by atoms with Gasteiger partial charge in [-0.3, -0.25) is 10.4 Å². The maximum absolute atomic E-state index is 5.34. The van der Waals surface area contributed by atoms with E-state index in [0.717, 1.165) is 12.1 Å². The molecule has 88 valence electrons. The number of hydrogen-bond acceptors (Lipinski definition) is 2. The van der Waals surface area contributed by atoms with Gasteiger partial charge in [0.15, 0.2) is 0 Å². The minimum Gasteiger partial charge on any atom is -0.325 e. The summed E-state index contributed by atoms with van der Waals surface area (Å²) in [5, 5.41) is 3.11. The van der Waals surface area contributed by atoms with Crippen LogP contribution in [-0.2, 0) is 6.42 Å². The maximum atomic E-state index is 5.34. The maximum Gasteiger partial charge on any atom is 0.210 e. The van der Waals surface area contributed by atoms with Crippen molar-refractivity contribution in [3.8, 4) is 0 Å². The molecular weight excluding hydrogens is 200 g/mol. The van der Waals surface area contributed by atoms with Crippen LogP contribution in [0, 0.1) is 0 Å². The molecule has 0 radical (unpaired) electrons. The van der Waals surface area contributed by atoms with Crippen LogP contribution in [0.1, 0.15) is 25.8 Å². The molecule has 4 heteroatoms. The molecule has 0 spiro atoms. The fraction of sp³-hybridized carbons (Fsp3) is 0.417. The van der Waals surface area contributed by atoms with Gasteiger partial charge in [0.2, 0.25) is 5.96 Å². The van der Waals surface area contributed by atoms with Crippen molar-refractivity contribution in [2.45, 2.75) is 26.7 Å². The molecule has 0 aliphatic rings. The third-order valence-electron chi connectivity index (χ3n) is 2.21. The molecule has 0 amide bonds. The number of nitrogens with two attached hydrogens (primary N) is 1. The fourth-order valence-electron chi connectivity index (χ4n) is 1.46. The van der Waals surface area contributed by atoms with Crippen molar-refractivity contribution in [1.82, 2.24) is 5.43 Å². The highest BCUT2D eigenvalue weighted by Crippen LogP contribution is 2.10. The van der Waals surface area contributed by atoms with Gasteiger partial charge in [-0.25, -0.2) is 5.84 Å². The average molecular weight is 220 g/mol. The number of nitrogens with one attached hydrogen (secondary N) is 2. The predicted octanol–water partition coefficient (Wildman–Crippen LogP) is 1.89. The van der Waals surface area contributed by atoms with E-state index in [1.165, 1.54) is 12.0 Å². The molecule has 1 aromatic carbocycles. The number of hydrogen-bond donors (Lipinski definition) is 3. The Kier molecular flexibility index (Phi) is 5.36. The van der Waals surface area contributed by atoms with E-state index in [0.29, 0.717) is 12.5 Å². The van der Waals surface area contributed by atoms with Crippen LogP contribution < -0.4 is 16.6 Å². The SMILES string of the molecule is CCCc1ccc(NC(=NCC)NN)cc1. The van der Waals surface area contributed by atoms with Gasteiger partial charge in [0.1, 0.15) is 0 Å². The van der Waals surface area contributed by atoms with Gasteiger partial charge in [0.25, 0.3) is 0 Å². The van der Waals surface area contributed by atoms with Crippen molar-refractivity contribution in [3.63, 3.8) is 0 Å². The molecule has 0 saturated carbocycles. The molecule has 1 rings (SSSR count). The second-order valence-corrected chi connectivity index (χ2v) is 3.54. The van der Waals surface area contributed by atoms with Crippen LogP contribution in [-0.4, -0.2) is 12.5 Å². The van der Waals surface area contributed by atoms with E-state index < -0.39 is 0 Å². The second kappa shape index (κ2) is 6.85. The van der Waals surface area contributed by atoms with Gasteiger partial charge < -0.3 is 5.32 Å². The summed E-state index contributed by atoms with van der Waals surface area (Å²) in [4.78, 5) is 4.17. The van der Waals surface area contributed by atoms with Gasteiger partial charge in [-0.05, 0) is 31.0 Å². The Morgan fingerprint density at radius 1 is 1.25 bits per heavy atom. The molecule has 0 heterocycles. The van der Waals surface area contributed by atoms with Crippen molar-refractivity contribution in [3.05, 3.63) is 29.8 Å². The summed E-state index contributed by atoms with van der Waals surface area (Å²) in [5.41, 5.74) is 4.87. The van der Waals surface area contributed by atoms with Gasteiger partial charge in [-0.1, -0.05) is 25.5 Å². The van der Waals surface area contributed by atoms with Crippen molar-refractivity contribution >= 4 is 11.6 Å². The molecule has 0 bridgehead atoms. The smallest absolute Gasteiger partial charge is 0.210 e. The van der Waals surface area contributed by atoms with E-state index in [1.807, 2.05) is 19.1 Å². The van der Waals surface area contributed by atoms with Gasteiger partial charge in [0, 0.05) is 12.2 Å². The van der Waals surface area contributed by atoms with Crippen LogP contribution >= 0.6 is 0 Å². The summed E-state index contributed by atoms with van der Waals surface area (Å²) < 4.78 is 0. The molecule has 4 nitrogen and oxygen atoms in total. The molecular formula is C12H20N4. The number of guanidine groups is 1. The number of anilines is 1. The minimum atomic E-state index is 0.589. The van der Waals surface area contributed by atoms with Crippen LogP contribution in [0.4, 0.5) is 5.69 Å². The number of nitrogens with zero attached hydrogens (tertiary/aromatic N) is 1. The number of benzene rings is 1. The van der Waals surface area contributed by atoms with Crippen LogP contribution in [0.15, 0.2) is 29.3 Å². The van der Waals surface area contributed by atoms with Crippen LogP contribution in [0.2, 0.25) is 0 Å². The Balaban J connectivity index is 2.63. The summed E-state index contributed by atoms with van der Waals surface area (Å²) in [5.74, 6) is 5.93. The Labute approximate surface area is 96.9 Å². The van der Waals surface area contributed by atoms with E-state index in [4.69, 9.17) is 5.84 Å². The standard InChI is InChI=1S/C12H20N4/c1-3-5-10-6-8-11(9-7-10)15-12(16-13)14-4-2/h6-9H,3-5,13H2,1-2H3,(H2,14,15,16). The number of aryl methyl sites for hydroxylation is 1. The van der Waals surface area contributed by atoms with Crippen molar-refractivity contribution < 1.29 is 0 Å². The van der Waals surface area contributed by atoms with Crippen molar-refractivity contribution in [2.75, 3.05) is 11.9 Å². The van der Waals surface area contributed by atoms with Crippen LogP contribution in [0.5, 0.6) is 0 Å².